The molecule has 21 heavy (non-hydrogen) atoms. The van der Waals surface area contributed by atoms with Crippen molar-refractivity contribution in [1.82, 2.24) is 15.2 Å². The Hall–Kier alpha value is -1.43. The molecule has 0 aliphatic carbocycles. The fourth-order valence-corrected chi connectivity index (χ4v) is 3.26. The molecule has 1 aliphatic rings. The predicted octanol–water partition coefficient (Wildman–Crippen LogP) is 1.76. The van der Waals surface area contributed by atoms with E-state index in [0.717, 1.165) is 17.1 Å². The fourth-order valence-electron chi connectivity index (χ4n) is 2.49. The SMILES string of the molecule is Cc1csc(CCNC(=O)[C@@H]2CC(=O)N(C(C)(C)C)C2)n1. The van der Waals surface area contributed by atoms with Crippen molar-refractivity contribution >= 4 is 23.2 Å². The second-order valence-electron chi connectivity index (χ2n) is 6.50. The molecule has 0 bridgehead atoms. The van der Waals surface area contributed by atoms with Gasteiger partial charge in [-0.2, -0.15) is 0 Å². The Balaban J connectivity index is 1.80. The summed E-state index contributed by atoms with van der Waals surface area (Å²) in [5.74, 6) is -0.184. The van der Waals surface area contributed by atoms with Crippen LogP contribution in [0.15, 0.2) is 5.38 Å². The maximum absolute atomic E-state index is 12.2. The Morgan fingerprint density at radius 3 is 2.76 bits per heavy atom. The van der Waals surface area contributed by atoms with Crippen molar-refractivity contribution in [2.45, 2.75) is 46.1 Å². The Morgan fingerprint density at radius 1 is 1.52 bits per heavy atom. The summed E-state index contributed by atoms with van der Waals surface area (Å²) in [5.41, 5.74) is 0.799. The van der Waals surface area contributed by atoms with Crippen LogP contribution >= 0.6 is 11.3 Å². The van der Waals surface area contributed by atoms with Gasteiger partial charge in [-0.3, -0.25) is 9.59 Å². The van der Waals surface area contributed by atoms with Gasteiger partial charge in [-0.25, -0.2) is 4.98 Å². The van der Waals surface area contributed by atoms with Gasteiger partial charge in [0, 0.05) is 42.5 Å². The molecule has 1 aromatic rings. The van der Waals surface area contributed by atoms with E-state index in [4.69, 9.17) is 0 Å². The number of hydrogen-bond acceptors (Lipinski definition) is 4. The molecular formula is C15H23N3O2S. The number of amides is 2. The summed E-state index contributed by atoms with van der Waals surface area (Å²) in [4.78, 5) is 30.3. The summed E-state index contributed by atoms with van der Waals surface area (Å²) in [5, 5.41) is 5.97. The van der Waals surface area contributed by atoms with Gasteiger partial charge >= 0.3 is 0 Å². The molecule has 2 rings (SSSR count). The zero-order chi connectivity index (χ0) is 15.6. The van der Waals surface area contributed by atoms with Crippen molar-refractivity contribution < 1.29 is 9.59 Å². The molecule has 0 radical (unpaired) electrons. The Bertz CT molecular complexity index is 533. The van der Waals surface area contributed by atoms with Gasteiger partial charge < -0.3 is 10.2 Å². The van der Waals surface area contributed by atoms with E-state index in [1.165, 1.54) is 0 Å². The van der Waals surface area contributed by atoms with Crippen molar-refractivity contribution in [3.8, 4) is 0 Å². The topological polar surface area (TPSA) is 62.3 Å². The van der Waals surface area contributed by atoms with E-state index in [2.05, 4.69) is 10.3 Å². The number of hydrogen-bond donors (Lipinski definition) is 1. The van der Waals surface area contributed by atoms with Gasteiger partial charge in [0.05, 0.1) is 10.9 Å². The van der Waals surface area contributed by atoms with E-state index < -0.39 is 0 Å². The van der Waals surface area contributed by atoms with Crippen LogP contribution < -0.4 is 5.32 Å². The third-order valence-electron chi connectivity index (χ3n) is 3.61. The van der Waals surface area contributed by atoms with E-state index >= 15 is 0 Å². The van der Waals surface area contributed by atoms with Crippen LogP contribution in [0.3, 0.4) is 0 Å². The lowest BCUT2D eigenvalue weighted by Gasteiger charge is -2.31. The van der Waals surface area contributed by atoms with E-state index in [-0.39, 0.29) is 23.3 Å². The molecule has 116 valence electrons. The van der Waals surface area contributed by atoms with Gasteiger partial charge in [0.1, 0.15) is 0 Å². The fraction of sp³-hybridized carbons (Fsp3) is 0.667. The summed E-state index contributed by atoms with van der Waals surface area (Å²) >= 11 is 1.61. The second-order valence-corrected chi connectivity index (χ2v) is 7.44. The number of aromatic nitrogens is 1. The van der Waals surface area contributed by atoms with Gasteiger partial charge in [0.25, 0.3) is 0 Å². The first-order chi connectivity index (χ1) is 9.77. The van der Waals surface area contributed by atoms with Crippen molar-refractivity contribution in [3.05, 3.63) is 16.1 Å². The number of nitrogens with one attached hydrogen (secondary N) is 1. The summed E-state index contributed by atoms with van der Waals surface area (Å²) < 4.78 is 0. The van der Waals surface area contributed by atoms with Crippen LogP contribution in [-0.4, -0.2) is 40.3 Å². The lowest BCUT2D eigenvalue weighted by molar-refractivity contribution is -0.132. The number of carbonyl (C=O) groups excluding carboxylic acids is 2. The maximum Gasteiger partial charge on any atom is 0.225 e. The van der Waals surface area contributed by atoms with Crippen LogP contribution in [0.2, 0.25) is 0 Å². The number of likely N-dealkylation sites (tertiary alicyclic amines) is 1. The summed E-state index contributed by atoms with van der Waals surface area (Å²) in [6, 6.07) is 0. The van der Waals surface area contributed by atoms with E-state index in [9.17, 15) is 9.59 Å². The van der Waals surface area contributed by atoms with Gasteiger partial charge in [-0.1, -0.05) is 0 Å². The Morgan fingerprint density at radius 2 is 2.24 bits per heavy atom. The molecule has 2 amide bonds. The smallest absolute Gasteiger partial charge is 0.225 e. The third kappa shape index (κ3) is 4.03. The molecule has 1 aliphatic heterocycles. The van der Waals surface area contributed by atoms with Crippen LogP contribution in [-0.2, 0) is 16.0 Å². The average Bonchev–Trinajstić information content (AvgIpc) is 2.95. The van der Waals surface area contributed by atoms with Crippen LogP contribution in [0, 0.1) is 12.8 Å². The summed E-state index contributed by atoms with van der Waals surface area (Å²) in [6.07, 6.45) is 1.06. The summed E-state index contributed by atoms with van der Waals surface area (Å²) in [7, 11) is 0. The Labute approximate surface area is 129 Å². The highest BCUT2D eigenvalue weighted by molar-refractivity contribution is 7.09. The van der Waals surface area contributed by atoms with Crippen molar-refractivity contribution in [3.63, 3.8) is 0 Å². The first-order valence-corrected chi connectivity index (χ1v) is 8.14. The van der Waals surface area contributed by atoms with E-state index in [1.807, 2.05) is 33.1 Å². The number of thiazole rings is 1. The molecular weight excluding hydrogens is 286 g/mol. The molecule has 1 N–H and O–H groups in total. The standard InChI is InChI=1S/C15H23N3O2S/c1-10-9-21-12(17-10)5-6-16-14(20)11-7-13(19)18(8-11)15(2,3)4/h9,11H,5-8H2,1-4H3,(H,16,20)/t11-/m1/s1. The van der Waals surface area contributed by atoms with E-state index in [1.54, 1.807) is 16.2 Å². The molecule has 0 aromatic carbocycles. The van der Waals surface area contributed by atoms with Crippen LogP contribution in [0.4, 0.5) is 0 Å². The Kier molecular flexibility index (Phi) is 4.66. The van der Waals surface area contributed by atoms with Gasteiger partial charge in [-0.05, 0) is 27.7 Å². The first-order valence-electron chi connectivity index (χ1n) is 7.26. The van der Waals surface area contributed by atoms with Crippen molar-refractivity contribution in [2.75, 3.05) is 13.1 Å². The van der Waals surface area contributed by atoms with Crippen LogP contribution in [0.25, 0.3) is 0 Å². The average molecular weight is 309 g/mol. The summed E-state index contributed by atoms with van der Waals surface area (Å²) in [6.45, 7) is 9.04. The molecule has 0 spiro atoms. The van der Waals surface area contributed by atoms with Crippen LogP contribution in [0.5, 0.6) is 0 Å². The van der Waals surface area contributed by atoms with Crippen LogP contribution in [0.1, 0.15) is 37.9 Å². The highest BCUT2D eigenvalue weighted by Gasteiger charge is 2.39. The molecule has 1 saturated heterocycles. The zero-order valence-electron chi connectivity index (χ0n) is 13.1. The van der Waals surface area contributed by atoms with Crippen molar-refractivity contribution in [2.24, 2.45) is 5.92 Å². The monoisotopic (exact) mass is 309 g/mol. The molecule has 0 saturated carbocycles. The minimum absolute atomic E-state index is 0.0246. The van der Waals surface area contributed by atoms with E-state index in [0.29, 0.717) is 19.5 Å². The lowest BCUT2D eigenvalue weighted by atomic mass is 10.1. The zero-order valence-corrected chi connectivity index (χ0v) is 13.9. The third-order valence-corrected chi connectivity index (χ3v) is 4.64. The largest absolute Gasteiger partial charge is 0.355 e. The second kappa shape index (κ2) is 6.13. The molecule has 1 fully saturated rings. The molecule has 1 atom stereocenters. The predicted molar refractivity (Wildman–Crippen MR) is 83.1 cm³/mol. The highest BCUT2D eigenvalue weighted by atomic mass is 32.1. The van der Waals surface area contributed by atoms with Gasteiger partial charge in [0.2, 0.25) is 11.8 Å². The minimum Gasteiger partial charge on any atom is -0.355 e. The van der Waals surface area contributed by atoms with Gasteiger partial charge in [-0.15, -0.1) is 11.3 Å². The number of carbonyl (C=O) groups is 2. The molecule has 0 unspecified atom stereocenters. The minimum atomic E-state index is -0.227. The normalized spacial score (nSPS) is 19.1. The van der Waals surface area contributed by atoms with Crippen molar-refractivity contribution in [1.29, 1.82) is 0 Å². The molecule has 2 heterocycles. The molecule has 1 aromatic heterocycles. The molecule has 6 heteroatoms. The molecule has 5 nitrogen and oxygen atoms in total. The number of rotatable bonds is 4. The quantitative estimate of drug-likeness (QED) is 0.922. The van der Waals surface area contributed by atoms with Gasteiger partial charge in [0.15, 0.2) is 0 Å². The highest BCUT2D eigenvalue weighted by Crippen LogP contribution is 2.25. The maximum atomic E-state index is 12.2. The number of nitrogens with zero attached hydrogens (tertiary/aromatic N) is 2. The number of aryl methyl sites for hydroxylation is 1. The first kappa shape index (κ1) is 15.9. The lowest BCUT2D eigenvalue weighted by Crippen LogP contribution is -2.43.